The standard InChI is InChI=1S/C22H20F3N5O/c1-13-9-16-10-15(3-6-19(16)29-20(13)27)21(31)30(14(2)7-8-26)12-18-5-4-17(11-28-18)22(23,24)25/h3-6,9-11,14H,7,12H2,1-2H3,(H2,27,29). The maximum atomic E-state index is 13.3. The van der Waals surface area contributed by atoms with Gasteiger partial charge in [0.2, 0.25) is 0 Å². The van der Waals surface area contributed by atoms with Gasteiger partial charge in [0.05, 0.1) is 35.8 Å². The number of benzene rings is 1. The molecule has 160 valence electrons. The van der Waals surface area contributed by atoms with Crippen LogP contribution in [-0.2, 0) is 12.7 Å². The van der Waals surface area contributed by atoms with Crippen LogP contribution in [0.5, 0.6) is 0 Å². The minimum Gasteiger partial charge on any atom is -0.383 e. The van der Waals surface area contributed by atoms with E-state index in [1.54, 1.807) is 25.1 Å². The number of carbonyl (C=O) groups is 1. The van der Waals surface area contributed by atoms with Crippen LogP contribution in [0.4, 0.5) is 19.0 Å². The van der Waals surface area contributed by atoms with Gasteiger partial charge in [0, 0.05) is 23.2 Å². The van der Waals surface area contributed by atoms with Gasteiger partial charge in [-0.15, -0.1) is 0 Å². The Morgan fingerprint density at radius 2 is 2.00 bits per heavy atom. The molecule has 0 bridgehead atoms. The van der Waals surface area contributed by atoms with E-state index < -0.39 is 17.8 Å². The Morgan fingerprint density at radius 1 is 1.26 bits per heavy atom. The monoisotopic (exact) mass is 427 g/mol. The second kappa shape index (κ2) is 8.60. The third kappa shape index (κ3) is 4.91. The zero-order chi connectivity index (χ0) is 22.8. The summed E-state index contributed by atoms with van der Waals surface area (Å²) in [5.74, 6) is 0.0463. The lowest BCUT2D eigenvalue weighted by molar-refractivity contribution is -0.137. The molecule has 3 rings (SSSR count). The normalized spacial score (nSPS) is 12.4. The minimum atomic E-state index is -4.49. The number of nitriles is 1. The van der Waals surface area contributed by atoms with Crippen LogP contribution in [-0.4, -0.2) is 26.8 Å². The van der Waals surface area contributed by atoms with E-state index in [0.717, 1.165) is 23.2 Å². The first-order valence-corrected chi connectivity index (χ1v) is 9.47. The summed E-state index contributed by atoms with van der Waals surface area (Å²) in [4.78, 5) is 22.8. The Labute approximate surface area is 177 Å². The van der Waals surface area contributed by atoms with Gasteiger partial charge < -0.3 is 10.6 Å². The fourth-order valence-corrected chi connectivity index (χ4v) is 3.13. The van der Waals surface area contributed by atoms with Crippen molar-refractivity contribution in [2.45, 2.75) is 39.0 Å². The Bertz CT molecular complexity index is 1150. The van der Waals surface area contributed by atoms with Crippen molar-refractivity contribution >= 4 is 22.6 Å². The molecule has 0 aliphatic heterocycles. The molecule has 0 spiro atoms. The van der Waals surface area contributed by atoms with Gasteiger partial charge in [0.15, 0.2) is 0 Å². The molecule has 1 unspecified atom stereocenters. The fourth-order valence-electron chi connectivity index (χ4n) is 3.13. The number of hydrogen-bond acceptors (Lipinski definition) is 5. The van der Waals surface area contributed by atoms with Crippen LogP contribution in [0.3, 0.4) is 0 Å². The lowest BCUT2D eigenvalue weighted by Gasteiger charge is -2.28. The molecular weight excluding hydrogens is 407 g/mol. The van der Waals surface area contributed by atoms with E-state index >= 15 is 0 Å². The van der Waals surface area contributed by atoms with Gasteiger partial charge in [0.25, 0.3) is 5.91 Å². The Morgan fingerprint density at radius 3 is 2.61 bits per heavy atom. The van der Waals surface area contributed by atoms with E-state index in [-0.39, 0.29) is 24.6 Å². The Kier molecular flexibility index (Phi) is 6.11. The maximum absolute atomic E-state index is 13.3. The van der Waals surface area contributed by atoms with Crippen LogP contribution in [0.2, 0.25) is 0 Å². The summed E-state index contributed by atoms with van der Waals surface area (Å²) in [6.45, 7) is 3.49. The van der Waals surface area contributed by atoms with E-state index in [4.69, 9.17) is 11.0 Å². The van der Waals surface area contributed by atoms with Gasteiger partial charge in [-0.2, -0.15) is 18.4 Å². The number of nitrogen functional groups attached to an aromatic ring is 1. The molecule has 1 amide bonds. The molecule has 0 saturated carbocycles. The lowest BCUT2D eigenvalue weighted by atomic mass is 10.1. The number of pyridine rings is 2. The summed E-state index contributed by atoms with van der Waals surface area (Å²) < 4.78 is 38.4. The number of carbonyl (C=O) groups excluding carboxylic acids is 1. The van der Waals surface area contributed by atoms with Crippen LogP contribution in [0, 0.1) is 18.3 Å². The molecule has 31 heavy (non-hydrogen) atoms. The number of nitrogens with two attached hydrogens (primary N) is 1. The van der Waals surface area contributed by atoms with E-state index in [2.05, 4.69) is 9.97 Å². The molecule has 0 fully saturated rings. The highest BCUT2D eigenvalue weighted by atomic mass is 19.4. The van der Waals surface area contributed by atoms with E-state index in [1.807, 2.05) is 19.1 Å². The number of amides is 1. The average Bonchev–Trinajstić information content (AvgIpc) is 2.72. The van der Waals surface area contributed by atoms with Gasteiger partial charge >= 0.3 is 6.18 Å². The molecular formula is C22H20F3N5O. The zero-order valence-corrected chi connectivity index (χ0v) is 16.9. The van der Waals surface area contributed by atoms with Crippen molar-refractivity contribution in [1.82, 2.24) is 14.9 Å². The molecule has 1 atom stereocenters. The first-order valence-electron chi connectivity index (χ1n) is 9.47. The summed E-state index contributed by atoms with van der Waals surface area (Å²) >= 11 is 0. The molecule has 9 heteroatoms. The highest BCUT2D eigenvalue weighted by Gasteiger charge is 2.31. The minimum absolute atomic E-state index is 0.0309. The summed E-state index contributed by atoms with van der Waals surface area (Å²) in [7, 11) is 0. The van der Waals surface area contributed by atoms with Crippen molar-refractivity contribution in [1.29, 1.82) is 5.26 Å². The number of halogens is 3. The number of aromatic nitrogens is 2. The van der Waals surface area contributed by atoms with Crippen molar-refractivity contribution in [2.75, 3.05) is 5.73 Å². The molecule has 1 aromatic carbocycles. The summed E-state index contributed by atoms with van der Waals surface area (Å²) in [5, 5.41) is 9.81. The molecule has 2 N–H and O–H groups in total. The number of fused-ring (bicyclic) bond motifs is 1. The van der Waals surface area contributed by atoms with Gasteiger partial charge in [-0.25, -0.2) is 4.98 Å². The molecule has 2 heterocycles. The van der Waals surface area contributed by atoms with Crippen molar-refractivity contribution in [2.24, 2.45) is 0 Å². The summed E-state index contributed by atoms with van der Waals surface area (Å²) in [5.41, 5.74) is 7.05. The first kappa shape index (κ1) is 22.0. The van der Waals surface area contributed by atoms with Gasteiger partial charge in [-0.3, -0.25) is 9.78 Å². The summed E-state index contributed by atoms with van der Waals surface area (Å²) in [6, 6.07) is 10.5. The average molecular weight is 427 g/mol. The van der Waals surface area contributed by atoms with Crippen LogP contribution in [0.25, 0.3) is 10.9 Å². The summed E-state index contributed by atoms with van der Waals surface area (Å²) in [6.07, 6.45) is -3.69. The molecule has 0 saturated heterocycles. The van der Waals surface area contributed by atoms with Gasteiger partial charge in [-0.1, -0.05) is 0 Å². The van der Waals surface area contributed by atoms with Crippen LogP contribution < -0.4 is 5.73 Å². The number of alkyl halides is 3. The number of anilines is 1. The fraction of sp³-hybridized carbons (Fsp3) is 0.273. The molecule has 0 aliphatic carbocycles. The molecule has 0 aliphatic rings. The molecule has 0 radical (unpaired) electrons. The quantitative estimate of drug-likeness (QED) is 0.648. The van der Waals surface area contributed by atoms with E-state index in [9.17, 15) is 18.0 Å². The van der Waals surface area contributed by atoms with Crippen molar-refractivity contribution in [3.63, 3.8) is 0 Å². The smallest absolute Gasteiger partial charge is 0.383 e. The van der Waals surface area contributed by atoms with Gasteiger partial charge in [0.1, 0.15) is 5.82 Å². The molecule has 3 aromatic rings. The van der Waals surface area contributed by atoms with Gasteiger partial charge in [-0.05, 0) is 55.8 Å². The lowest BCUT2D eigenvalue weighted by Crippen LogP contribution is -2.38. The van der Waals surface area contributed by atoms with E-state index in [0.29, 0.717) is 16.9 Å². The molecule has 2 aromatic heterocycles. The Hall–Kier alpha value is -3.67. The number of rotatable bonds is 5. The van der Waals surface area contributed by atoms with Crippen molar-refractivity contribution < 1.29 is 18.0 Å². The van der Waals surface area contributed by atoms with Crippen LogP contribution in [0.1, 0.15) is 40.5 Å². The second-order valence-corrected chi connectivity index (χ2v) is 7.28. The third-order valence-electron chi connectivity index (χ3n) is 4.96. The predicted octanol–water partition coefficient (Wildman–Crippen LogP) is 4.48. The largest absolute Gasteiger partial charge is 0.417 e. The zero-order valence-electron chi connectivity index (χ0n) is 16.9. The first-order chi connectivity index (χ1) is 14.6. The third-order valence-corrected chi connectivity index (χ3v) is 4.96. The highest BCUT2D eigenvalue weighted by Crippen LogP contribution is 2.28. The van der Waals surface area contributed by atoms with Crippen molar-refractivity contribution in [3.05, 3.63) is 65.0 Å². The van der Waals surface area contributed by atoms with E-state index in [1.165, 1.54) is 11.0 Å². The SMILES string of the molecule is Cc1cc2cc(C(=O)N(Cc3ccc(C(F)(F)F)cn3)C(C)CC#N)ccc2nc1N. The topological polar surface area (TPSA) is 95.9 Å². The number of aryl methyl sites for hydroxylation is 1. The Balaban J connectivity index is 1.93. The second-order valence-electron chi connectivity index (χ2n) is 7.28. The van der Waals surface area contributed by atoms with Crippen LogP contribution >= 0.6 is 0 Å². The predicted molar refractivity (Wildman–Crippen MR) is 110 cm³/mol. The number of nitrogens with zero attached hydrogens (tertiary/aromatic N) is 4. The maximum Gasteiger partial charge on any atom is 0.417 e. The number of hydrogen-bond donors (Lipinski definition) is 1. The van der Waals surface area contributed by atoms with Crippen LogP contribution in [0.15, 0.2) is 42.6 Å². The molecule has 6 nitrogen and oxygen atoms in total. The van der Waals surface area contributed by atoms with Crippen molar-refractivity contribution in [3.8, 4) is 6.07 Å². The highest BCUT2D eigenvalue weighted by molar-refractivity contribution is 5.98.